The van der Waals surface area contributed by atoms with Crippen molar-refractivity contribution >= 4 is 17.6 Å². The number of nitrogens with zero attached hydrogens (tertiary/aromatic N) is 2. The van der Waals surface area contributed by atoms with Crippen molar-refractivity contribution < 1.29 is 28.2 Å². The molecule has 37 heavy (non-hydrogen) atoms. The highest BCUT2D eigenvalue weighted by Crippen LogP contribution is 2.44. The Bertz CT molecular complexity index is 1510. The number of ether oxygens (including phenoxy) is 3. The van der Waals surface area contributed by atoms with Gasteiger partial charge in [0.2, 0.25) is 18.6 Å². The van der Waals surface area contributed by atoms with E-state index < -0.39 is 11.8 Å². The molecule has 1 N–H and O–H groups in total. The number of hydrogen-bond donors (Lipinski definition) is 1. The minimum absolute atomic E-state index is 0.0125. The number of amides is 1. The van der Waals surface area contributed by atoms with Crippen molar-refractivity contribution in [3.8, 4) is 45.5 Å². The lowest BCUT2D eigenvalue weighted by molar-refractivity contribution is -0.132. The van der Waals surface area contributed by atoms with Gasteiger partial charge in [0.05, 0.1) is 11.3 Å². The molecule has 0 bridgehead atoms. The van der Waals surface area contributed by atoms with Crippen LogP contribution in [0.4, 0.5) is 10.1 Å². The third-order valence-corrected chi connectivity index (χ3v) is 6.19. The van der Waals surface area contributed by atoms with E-state index in [4.69, 9.17) is 19.3 Å². The second kappa shape index (κ2) is 9.09. The van der Waals surface area contributed by atoms with Gasteiger partial charge in [0.25, 0.3) is 0 Å². The highest BCUT2D eigenvalue weighted by Gasteiger charge is 2.30. The Labute approximate surface area is 211 Å². The first kappa shape index (κ1) is 22.8. The molecule has 1 saturated carbocycles. The molecule has 1 aliphatic carbocycles. The molecule has 0 spiro atoms. The standard InChI is InChI=1S/C28H22FN3O5/c1-16(33)37-28-25(17-4-9-21(10-5-17)30-27(34)18-2-3-18)26(19-6-13-23-24(14-19)36-15-35-23)31-32(28)22-11-7-20(29)8-12-22/h4-14,18H,2-3,15H2,1H3,(H,30,34). The van der Waals surface area contributed by atoms with Crippen molar-refractivity contribution in [2.24, 2.45) is 5.92 Å². The predicted molar refractivity (Wildman–Crippen MR) is 133 cm³/mol. The summed E-state index contributed by atoms with van der Waals surface area (Å²) in [4.78, 5) is 24.4. The fraction of sp³-hybridized carbons (Fsp3) is 0.179. The minimum Gasteiger partial charge on any atom is -0.454 e. The summed E-state index contributed by atoms with van der Waals surface area (Å²) < 4.78 is 31.8. The van der Waals surface area contributed by atoms with E-state index in [9.17, 15) is 14.0 Å². The molecule has 0 unspecified atom stereocenters. The van der Waals surface area contributed by atoms with E-state index in [1.807, 2.05) is 24.3 Å². The van der Waals surface area contributed by atoms with Gasteiger partial charge < -0.3 is 19.5 Å². The normalized spacial score (nSPS) is 13.9. The van der Waals surface area contributed by atoms with Gasteiger partial charge in [-0.25, -0.2) is 4.39 Å². The molecule has 9 heteroatoms. The maximum atomic E-state index is 13.7. The largest absolute Gasteiger partial charge is 0.454 e. The van der Waals surface area contributed by atoms with E-state index >= 15 is 0 Å². The molecule has 0 atom stereocenters. The lowest BCUT2D eigenvalue weighted by Gasteiger charge is -2.10. The predicted octanol–water partition coefficient (Wildman–Crippen LogP) is 5.35. The number of halogens is 1. The van der Waals surface area contributed by atoms with E-state index in [2.05, 4.69) is 5.32 Å². The number of hydrogen-bond acceptors (Lipinski definition) is 6. The zero-order valence-electron chi connectivity index (χ0n) is 19.9. The van der Waals surface area contributed by atoms with E-state index in [0.29, 0.717) is 45.3 Å². The van der Waals surface area contributed by atoms with E-state index in [1.165, 1.54) is 23.7 Å². The molecule has 1 fully saturated rings. The van der Waals surface area contributed by atoms with Gasteiger partial charge in [-0.2, -0.15) is 9.78 Å². The average molecular weight is 499 g/mol. The maximum absolute atomic E-state index is 13.7. The summed E-state index contributed by atoms with van der Waals surface area (Å²) in [6.45, 7) is 1.44. The minimum atomic E-state index is -0.532. The van der Waals surface area contributed by atoms with Crippen LogP contribution in [0.1, 0.15) is 19.8 Å². The fourth-order valence-electron chi connectivity index (χ4n) is 4.21. The van der Waals surface area contributed by atoms with Crippen molar-refractivity contribution in [3.05, 3.63) is 72.5 Å². The summed E-state index contributed by atoms with van der Waals surface area (Å²) in [5, 5.41) is 7.72. The second-order valence-corrected chi connectivity index (χ2v) is 8.92. The van der Waals surface area contributed by atoms with Crippen molar-refractivity contribution in [2.45, 2.75) is 19.8 Å². The Kier molecular flexibility index (Phi) is 5.60. The average Bonchev–Trinajstić information content (AvgIpc) is 3.54. The van der Waals surface area contributed by atoms with Crippen molar-refractivity contribution in [3.63, 3.8) is 0 Å². The molecule has 4 aromatic rings. The van der Waals surface area contributed by atoms with Crippen LogP contribution in [0, 0.1) is 11.7 Å². The third kappa shape index (κ3) is 4.51. The molecule has 3 aromatic carbocycles. The van der Waals surface area contributed by atoms with Gasteiger partial charge in [-0.05, 0) is 73.0 Å². The van der Waals surface area contributed by atoms with Crippen LogP contribution >= 0.6 is 0 Å². The first-order valence-corrected chi connectivity index (χ1v) is 11.8. The Morgan fingerprint density at radius 3 is 2.38 bits per heavy atom. The van der Waals surface area contributed by atoms with E-state index in [1.54, 1.807) is 30.3 Å². The van der Waals surface area contributed by atoms with Crippen LogP contribution in [-0.2, 0) is 9.59 Å². The molecule has 186 valence electrons. The van der Waals surface area contributed by atoms with Gasteiger partial charge in [-0.1, -0.05) is 12.1 Å². The molecule has 1 aliphatic heterocycles. The SMILES string of the molecule is CC(=O)Oc1c(-c2ccc(NC(=O)C3CC3)cc2)c(-c2ccc3c(c2)OCO3)nn1-c1ccc(F)cc1. The Morgan fingerprint density at radius 2 is 1.68 bits per heavy atom. The molecule has 1 aromatic heterocycles. The van der Waals surface area contributed by atoms with Gasteiger partial charge in [-0.15, -0.1) is 0 Å². The first-order valence-electron chi connectivity index (χ1n) is 11.8. The Hall–Kier alpha value is -4.66. The Balaban J connectivity index is 1.50. The van der Waals surface area contributed by atoms with Crippen LogP contribution < -0.4 is 19.5 Å². The molecule has 8 nitrogen and oxygen atoms in total. The van der Waals surface area contributed by atoms with Gasteiger partial charge in [0.1, 0.15) is 11.5 Å². The molecule has 1 amide bonds. The highest BCUT2D eigenvalue weighted by molar-refractivity contribution is 5.95. The number of carbonyl (C=O) groups is 2. The number of carbonyl (C=O) groups excluding carboxylic acids is 2. The number of fused-ring (bicyclic) bond motifs is 1. The zero-order chi connectivity index (χ0) is 25.5. The van der Waals surface area contributed by atoms with Gasteiger partial charge in [-0.3, -0.25) is 9.59 Å². The van der Waals surface area contributed by atoms with Crippen LogP contribution in [0.25, 0.3) is 28.1 Å². The summed E-state index contributed by atoms with van der Waals surface area (Å²) in [5.74, 6) is 0.549. The first-order chi connectivity index (χ1) is 18.0. The number of rotatable bonds is 6. The quantitative estimate of drug-likeness (QED) is 0.360. The van der Waals surface area contributed by atoms with Crippen LogP contribution in [-0.4, -0.2) is 28.4 Å². The maximum Gasteiger partial charge on any atom is 0.309 e. The van der Waals surface area contributed by atoms with Gasteiger partial charge >= 0.3 is 5.97 Å². The monoisotopic (exact) mass is 499 g/mol. The third-order valence-electron chi connectivity index (χ3n) is 6.19. The molecular weight excluding hydrogens is 477 g/mol. The zero-order valence-corrected chi connectivity index (χ0v) is 19.9. The van der Waals surface area contributed by atoms with Crippen LogP contribution in [0.5, 0.6) is 17.4 Å². The highest BCUT2D eigenvalue weighted by atomic mass is 19.1. The summed E-state index contributed by atoms with van der Waals surface area (Å²) >= 11 is 0. The summed E-state index contributed by atoms with van der Waals surface area (Å²) in [5.41, 5.74) is 3.68. The number of nitrogens with one attached hydrogen (secondary N) is 1. The van der Waals surface area contributed by atoms with Crippen molar-refractivity contribution in [2.75, 3.05) is 12.1 Å². The number of aromatic nitrogens is 2. The van der Waals surface area contributed by atoms with Crippen LogP contribution in [0.15, 0.2) is 66.7 Å². The van der Waals surface area contributed by atoms with Crippen molar-refractivity contribution in [1.82, 2.24) is 9.78 Å². The lowest BCUT2D eigenvalue weighted by atomic mass is 10.0. The Morgan fingerprint density at radius 1 is 0.973 bits per heavy atom. The van der Waals surface area contributed by atoms with E-state index in [0.717, 1.165) is 12.8 Å². The number of esters is 1. The van der Waals surface area contributed by atoms with Crippen LogP contribution in [0.2, 0.25) is 0 Å². The van der Waals surface area contributed by atoms with Crippen molar-refractivity contribution in [1.29, 1.82) is 0 Å². The van der Waals surface area contributed by atoms with Gasteiger partial charge in [0, 0.05) is 24.1 Å². The number of benzene rings is 3. The smallest absolute Gasteiger partial charge is 0.309 e. The lowest BCUT2D eigenvalue weighted by Crippen LogP contribution is -2.13. The topological polar surface area (TPSA) is 91.7 Å². The fourth-order valence-corrected chi connectivity index (χ4v) is 4.21. The number of anilines is 1. The molecule has 6 rings (SSSR count). The summed E-state index contributed by atoms with van der Waals surface area (Å²) in [7, 11) is 0. The molecule has 0 radical (unpaired) electrons. The molecule has 2 aliphatic rings. The summed E-state index contributed by atoms with van der Waals surface area (Å²) in [6, 6.07) is 18.4. The van der Waals surface area contributed by atoms with Gasteiger partial charge in [0.15, 0.2) is 11.5 Å². The molecular formula is C28H22FN3O5. The molecule has 0 saturated heterocycles. The molecule has 2 heterocycles. The summed E-state index contributed by atoms with van der Waals surface area (Å²) in [6.07, 6.45) is 1.83. The van der Waals surface area contributed by atoms with Crippen LogP contribution in [0.3, 0.4) is 0 Å². The second-order valence-electron chi connectivity index (χ2n) is 8.92. The van der Waals surface area contributed by atoms with E-state index in [-0.39, 0.29) is 24.5 Å².